The van der Waals surface area contributed by atoms with Crippen LogP contribution >= 0.6 is 0 Å². The van der Waals surface area contributed by atoms with Gasteiger partial charge in [0.1, 0.15) is 17.3 Å². The maximum Gasteiger partial charge on any atom is 0.355 e. The molecule has 2 atom stereocenters. The van der Waals surface area contributed by atoms with Crippen LogP contribution in [0.1, 0.15) is 19.4 Å². The fraction of sp³-hybridized carbons (Fsp3) is 0.267. The second-order valence-corrected chi connectivity index (χ2v) is 12.7. The van der Waals surface area contributed by atoms with Crippen molar-refractivity contribution in [1.82, 2.24) is 19.4 Å². The molecule has 3 heterocycles. The third kappa shape index (κ3) is 5.13. The van der Waals surface area contributed by atoms with Crippen molar-refractivity contribution in [2.45, 2.75) is 37.8 Å². The Bertz CT molecular complexity index is 1960. The lowest BCUT2D eigenvalue weighted by Crippen LogP contribution is -2.58. The summed E-state index contributed by atoms with van der Waals surface area (Å²) in [5, 5.41) is 0.0843. The first-order valence-electron chi connectivity index (χ1n) is 13.4. The van der Waals surface area contributed by atoms with Crippen LogP contribution in [0.25, 0.3) is 28.0 Å². The van der Waals surface area contributed by atoms with E-state index in [1.807, 2.05) is 13.8 Å². The highest BCUT2D eigenvalue weighted by Gasteiger charge is 2.34. The summed E-state index contributed by atoms with van der Waals surface area (Å²) in [6.07, 6.45) is 2.23. The number of benzene rings is 2. The van der Waals surface area contributed by atoms with Crippen LogP contribution in [-0.4, -0.2) is 65.2 Å². The first kappa shape index (κ1) is 29.8. The van der Waals surface area contributed by atoms with Crippen LogP contribution in [0.15, 0.2) is 64.8 Å². The van der Waals surface area contributed by atoms with E-state index in [-0.39, 0.29) is 69.8 Å². The molecule has 1 fully saturated rings. The van der Waals surface area contributed by atoms with Crippen molar-refractivity contribution in [3.8, 4) is 16.9 Å². The summed E-state index contributed by atoms with van der Waals surface area (Å²) in [5.74, 6) is -1.91. The molecule has 2 N–H and O–H groups in total. The van der Waals surface area contributed by atoms with Crippen molar-refractivity contribution in [2.75, 3.05) is 30.0 Å². The number of pyridine rings is 1. The molecule has 0 bridgehead atoms. The van der Waals surface area contributed by atoms with E-state index in [0.29, 0.717) is 5.56 Å². The summed E-state index contributed by atoms with van der Waals surface area (Å²) in [7, 11) is -3.86. The summed E-state index contributed by atoms with van der Waals surface area (Å²) in [6.45, 7) is 9.35. The number of nitrogen functional groups attached to an aromatic ring is 1. The number of aromatic nitrogens is 3. The van der Waals surface area contributed by atoms with Crippen LogP contribution in [-0.2, 0) is 14.6 Å². The summed E-state index contributed by atoms with van der Waals surface area (Å²) in [5.41, 5.74) is 4.59. The smallest absolute Gasteiger partial charge is 0.355 e. The predicted octanol–water partition coefficient (Wildman–Crippen LogP) is 3.63. The minimum atomic E-state index is -3.86. The summed E-state index contributed by atoms with van der Waals surface area (Å²) < 4.78 is 57.6. The van der Waals surface area contributed by atoms with Gasteiger partial charge in [0.25, 0.3) is 0 Å². The molecule has 0 aliphatic carbocycles. The molecule has 43 heavy (non-hydrogen) atoms. The third-order valence-corrected chi connectivity index (χ3v) is 8.75. The average Bonchev–Trinajstić information content (AvgIpc) is 2.93. The fourth-order valence-corrected chi connectivity index (χ4v) is 6.49. The number of halogens is 2. The van der Waals surface area contributed by atoms with E-state index in [0.717, 1.165) is 23.0 Å². The van der Waals surface area contributed by atoms with Gasteiger partial charge in [0.2, 0.25) is 5.91 Å². The first-order chi connectivity index (χ1) is 20.2. The first-order valence-corrected chi connectivity index (χ1v) is 15.3. The topological polar surface area (TPSA) is 131 Å². The van der Waals surface area contributed by atoms with Crippen LogP contribution in [0, 0.1) is 18.6 Å². The van der Waals surface area contributed by atoms with Crippen molar-refractivity contribution >= 4 is 38.3 Å². The molecule has 1 aliphatic heterocycles. The molecule has 0 radical (unpaired) electrons. The average molecular weight is 609 g/mol. The molecule has 2 aromatic carbocycles. The van der Waals surface area contributed by atoms with Crippen molar-refractivity contribution in [1.29, 1.82) is 0 Å². The molecule has 13 heteroatoms. The molecule has 0 saturated carbocycles. The van der Waals surface area contributed by atoms with Gasteiger partial charge in [-0.2, -0.15) is 4.98 Å². The van der Waals surface area contributed by atoms with Crippen LogP contribution in [0.5, 0.6) is 0 Å². The highest BCUT2D eigenvalue weighted by molar-refractivity contribution is 7.90. The third-order valence-electron chi connectivity index (χ3n) is 7.62. The summed E-state index contributed by atoms with van der Waals surface area (Å²) in [4.78, 5) is 38.4. The minimum Gasteiger partial charge on any atom is -0.398 e. The zero-order valence-corrected chi connectivity index (χ0v) is 24.8. The van der Waals surface area contributed by atoms with Crippen LogP contribution in [0.2, 0.25) is 0 Å². The normalized spacial score (nSPS) is 17.3. The molecule has 0 unspecified atom stereocenters. The van der Waals surface area contributed by atoms with Gasteiger partial charge < -0.3 is 15.5 Å². The maximum absolute atomic E-state index is 15.9. The number of aryl methyl sites for hydroxylation is 1. The Morgan fingerprint density at radius 1 is 1.07 bits per heavy atom. The highest BCUT2D eigenvalue weighted by atomic mass is 32.2. The molecule has 10 nitrogen and oxygen atoms in total. The van der Waals surface area contributed by atoms with E-state index < -0.39 is 32.9 Å². The molecule has 224 valence electrons. The van der Waals surface area contributed by atoms with Gasteiger partial charge in [0, 0.05) is 37.1 Å². The van der Waals surface area contributed by atoms with Crippen molar-refractivity contribution in [2.24, 2.45) is 0 Å². The maximum atomic E-state index is 15.9. The number of rotatable bonds is 5. The highest BCUT2D eigenvalue weighted by Crippen LogP contribution is 2.36. The van der Waals surface area contributed by atoms with Gasteiger partial charge in [-0.25, -0.2) is 31.5 Å². The van der Waals surface area contributed by atoms with Crippen LogP contribution in [0.4, 0.5) is 20.3 Å². The van der Waals surface area contributed by atoms with E-state index in [9.17, 15) is 18.0 Å². The molecule has 1 amide bonds. The molecule has 4 aromatic rings. The Hall–Kier alpha value is -4.65. The quantitative estimate of drug-likeness (QED) is 0.269. The zero-order chi connectivity index (χ0) is 31.4. The zero-order valence-electron chi connectivity index (χ0n) is 24.0. The van der Waals surface area contributed by atoms with Gasteiger partial charge in [0.05, 0.1) is 21.5 Å². The number of hydrogen-bond acceptors (Lipinski definition) is 8. The number of carbonyl (C=O) groups is 1. The number of amides is 1. The Kier molecular flexibility index (Phi) is 7.55. The standard InChI is InChI=1S/C30H30F2N6O4S/c1-6-24(39)36-14-18(4)37(15-17(36)3)28-19-13-21(32)26(25-20(31)10-8-11-22(25)33)34-29(19)38(30(40)35-28)27-16(2)9-7-12-23(27)43(5,41)42/h6-13,17-18H,1,14-15,33H2,2-5H3/t17-,18-/m0/s1. The fourth-order valence-electron chi connectivity index (χ4n) is 5.56. The second-order valence-electron chi connectivity index (χ2n) is 10.7. The largest absolute Gasteiger partial charge is 0.398 e. The van der Waals surface area contributed by atoms with Crippen molar-refractivity contribution < 1.29 is 22.0 Å². The molecular weight excluding hydrogens is 578 g/mol. The van der Waals surface area contributed by atoms with Crippen molar-refractivity contribution in [3.05, 3.63) is 82.8 Å². The Labute approximate surface area is 247 Å². The number of piperazine rings is 1. The monoisotopic (exact) mass is 608 g/mol. The van der Waals surface area contributed by atoms with Gasteiger partial charge in [-0.3, -0.25) is 4.79 Å². The number of nitrogens with two attached hydrogens (primary N) is 1. The van der Waals surface area contributed by atoms with Gasteiger partial charge in [0.15, 0.2) is 21.3 Å². The van der Waals surface area contributed by atoms with Crippen LogP contribution in [0.3, 0.4) is 0 Å². The molecule has 1 aliphatic rings. The number of nitrogens with zero attached hydrogens (tertiary/aromatic N) is 5. The van der Waals surface area contributed by atoms with Crippen molar-refractivity contribution in [3.63, 3.8) is 0 Å². The number of carbonyl (C=O) groups excluding carboxylic acids is 1. The summed E-state index contributed by atoms with van der Waals surface area (Å²) in [6, 6.07) is 8.80. The predicted molar refractivity (Wildman–Crippen MR) is 161 cm³/mol. The number of hydrogen-bond donors (Lipinski definition) is 1. The molecule has 5 rings (SSSR count). The SMILES string of the molecule is C=CC(=O)N1C[C@H](C)N(c2nc(=O)n(-c3c(C)cccc3S(C)(=O)=O)c3nc(-c4c(N)cccc4F)c(F)cc23)C[C@@H]1C. The number of para-hydroxylation sites is 1. The Morgan fingerprint density at radius 2 is 1.77 bits per heavy atom. The van der Waals surface area contributed by atoms with Gasteiger partial charge >= 0.3 is 5.69 Å². The number of anilines is 2. The minimum absolute atomic E-state index is 0.00608. The van der Waals surface area contributed by atoms with Crippen LogP contribution < -0.4 is 16.3 Å². The second kappa shape index (κ2) is 10.9. The molecule has 1 saturated heterocycles. The number of sulfone groups is 1. The number of fused-ring (bicyclic) bond motifs is 1. The lowest BCUT2D eigenvalue weighted by Gasteiger charge is -2.44. The Balaban J connectivity index is 1.87. The molecular formula is C30H30F2N6O4S. The van der Waals surface area contributed by atoms with E-state index >= 15 is 8.78 Å². The lowest BCUT2D eigenvalue weighted by molar-refractivity contribution is -0.128. The van der Waals surface area contributed by atoms with Gasteiger partial charge in [-0.1, -0.05) is 24.8 Å². The van der Waals surface area contributed by atoms with Gasteiger partial charge in [-0.05, 0) is 56.7 Å². The van der Waals surface area contributed by atoms with E-state index in [1.54, 1.807) is 22.8 Å². The van der Waals surface area contributed by atoms with E-state index in [4.69, 9.17) is 5.73 Å². The van der Waals surface area contributed by atoms with E-state index in [1.165, 1.54) is 30.3 Å². The molecule has 0 spiro atoms. The summed E-state index contributed by atoms with van der Waals surface area (Å²) >= 11 is 0. The Morgan fingerprint density at radius 3 is 2.42 bits per heavy atom. The molecule has 2 aromatic heterocycles. The van der Waals surface area contributed by atoms with Gasteiger partial charge in [-0.15, -0.1) is 0 Å². The van der Waals surface area contributed by atoms with E-state index in [2.05, 4.69) is 16.5 Å². The lowest BCUT2D eigenvalue weighted by atomic mass is 10.1.